The second-order valence-corrected chi connectivity index (χ2v) is 12.2. The lowest BCUT2D eigenvalue weighted by atomic mass is 10.1. The first-order valence-corrected chi connectivity index (χ1v) is 16.5. The quantitative estimate of drug-likeness (QED) is 0.124. The summed E-state index contributed by atoms with van der Waals surface area (Å²) in [5, 5.41) is 4.11. The zero-order valence-corrected chi connectivity index (χ0v) is 27.8. The Labute approximate surface area is 280 Å². The number of carbonyl (C=O) groups is 3. The van der Waals surface area contributed by atoms with Gasteiger partial charge in [-0.1, -0.05) is 30.2 Å². The third-order valence-electron chi connectivity index (χ3n) is 8.41. The average molecular weight is 660 g/mol. The number of piperidine rings is 1. The fraction of sp³-hybridized carbons (Fsp3) is 0.378. The minimum Gasteiger partial charge on any atom is -0.497 e. The summed E-state index contributed by atoms with van der Waals surface area (Å²) < 4.78 is 18.3. The number of amides is 1. The largest absolute Gasteiger partial charge is 0.497 e. The predicted octanol–water partition coefficient (Wildman–Crippen LogP) is 6.35. The van der Waals surface area contributed by atoms with Crippen molar-refractivity contribution >= 4 is 40.3 Å². The Kier molecular flexibility index (Phi) is 11.9. The topological polar surface area (TPSA) is 99.1 Å². The van der Waals surface area contributed by atoms with Gasteiger partial charge in [0.15, 0.2) is 0 Å². The van der Waals surface area contributed by atoms with E-state index in [4.69, 9.17) is 25.8 Å². The second-order valence-electron chi connectivity index (χ2n) is 11.8. The van der Waals surface area contributed by atoms with E-state index in [1.54, 1.807) is 61.1 Å². The van der Waals surface area contributed by atoms with Gasteiger partial charge in [-0.2, -0.15) is 0 Å². The fourth-order valence-electron chi connectivity index (χ4n) is 5.94. The standard InChI is InChI=1S/C37H42ClN3O6/c1-26-32(33-23-30(45-2)14-15-34(33)41(26)37(44)28-10-12-29(38)13-11-28)24-36(43)47-21-16-35(42)39-17-7-20-46-31-9-6-8-27(22-31)25-40-18-4-3-5-19-40/h6,8-15,22-23H,3-5,7,16-21,24-25H2,1-2H3,(H,39,42). The van der Waals surface area contributed by atoms with Crippen LogP contribution in [-0.4, -0.2) is 67.2 Å². The lowest BCUT2D eigenvalue weighted by Gasteiger charge is -2.26. The van der Waals surface area contributed by atoms with Crippen molar-refractivity contribution in [3.63, 3.8) is 0 Å². The molecule has 1 fully saturated rings. The van der Waals surface area contributed by atoms with Gasteiger partial charge in [-0.3, -0.25) is 23.9 Å². The molecule has 4 aromatic rings. The highest BCUT2D eigenvalue weighted by molar-refractivity contribution is 6.30. The van der Waals surface area contributed by atoms with Crippen LogP contribution in [0.15, 0.2) is 66.7 Å². The second kappa shape index (κ2) is 16.5. The lowest BCUT2D eigenvalue weighted by molar-refractivity contribution is -0.143. The number of ether oxygens (including phenoxy) is 3. The average Bonchev–Trinajstić information content (AvgIpc) is 3.34. The Balaban J connectivity index is 1.07. The lowest BCUT2D eigenvalue weighted by Crippen LogP contribution is -2.29. The van der Waals surface area contributed by atoms with Gasteiger partial charge < -0.3 is 19.5 Å². The first kappa shape index (κ1) is 34.0. The number of fused-ring (bicyclic) bond motifs is 1. The molecule has 0 spiro atoms. The maximum absolute atomic E-state index is 13.5. The monoisotopic (exact) mass is 659 g/mol. The van der Waals surface area contributed by atoms with Crippen LogP contribution in [0.1, 0.15) is 59.3 Å². The van der Waals surface area contributed by atoms with Gasteiger partial charge in [0.05, 0.1) is 32.1 Å². The van der Waals surface area contributed by atoms with Crippen molar-refractivity contribution in [1.29, 1.82) is 0 Å². The number of benzene rings is 3. The number of rotatable bonds is 14. The summed E-state index contributed by atoms with van der Waals surface area (Å²) in [7, 11) is 1.56. The number of nitrogens with zero attached hydrogens (tertiary/aromatic N) is 2. The molecule has 0 aliphatic carbocycles. The number of methoxy groups -OCH3 is 1. The molecular formula is C37H42ClN3O6. The van der Waals surface area contributed by atoms with Gasteiger partial charge in [0.1, 0.15) is 18.1 Å². The molecule has 1 N–H and O–H groups in total. The highest BCUT2D eigenvalue weighted by Crippen LogP contribution is 2.31. The van der Waals surface area contributed by atoms with Crippen LogP contribution < -0.4 is 14.8 Å². The maximum atomic E-state index is 13.5. The molecule has 0 radical (unpaired) electrons. The number of esters is 1. The number of hydrogen-bond donors (Lipinski definition) is 1. The number of aromatic nitrogens is 1. The molecule has 1 aliphatic heterocycles. The molecule has 9 nitrogen and oxygen atoms in total. The SMILES string of the molecule is COc1ccc2c(c1)c(CC(=O)OCCC(=O)NCCCOc1cccc(CN3CCCCC3)c1)c(C)n2C(=O)c1ccc(Cl)cc1. The summed E-state index contributed by atoms with van der Waals surface area (Å²) in [6.07, 6.45) is 4.50. The van der Waals surface area contributed by atoms with Gasteiger partial charge in [0.25, 0.3) is 5.91 Å². The van der Waals surface area contributed by atoms with E-state index < -0.39 is 5.97 Å². The normalized spacial score (nSPS) is 13.3. The molecule has 2 heterocycles. The molecule has 1 saturated heterocycles. The van der Waals surface area contributed by atoms with Crippen LogP contribution in [0.3, 0.4) is 0 Å². The summed E-state index contributed by atoms with van der Waals surface area (Å²) in [5.74, 6) is 0.512. The first-order valence-electron chi connectivity index (χ1n) is 16.2. The number of hydrogen-bond acceptors (Lipinski definition) is 7. The smallest absolute Gasteiger partial charge is 0.310 e. The first-order chi connectivity index (χ1) is 22.8. The molecule has 0 bridgehead atoms. The highest BCUT2D eigenvalue weighted by Gasteiger charge is 2.23. The Bertz CT molecular complexity index is 1690. The maximum Gasteiger partial charge on any atom is 0.310 e. The Morgan fingerprint density at radius 1 is 0.915 bits per heavy atom. The van der Waals surface area contributed by atoms with Crippen molar-refractivity contribution in [2.24, 2.45) is 0 Å². The molecule has 5 rings (SSSR count). The molecular weight excluding hydrogens is 618 g/mol. The zero-order chi connectivity index (χ0) is 33.2. The van der Waals surface area contributed by atoms with E-state index in [9.17, 15) is 14.4 Å². The van der Waals surface area contributed by atoms with Crippen molar-refractivity contribution in [3.05, 3.63) is 94.1 Å². The summed E-state index contributed by atoms with van der Waals surface area (Å²) in [6.45, 7) is 5.95. The van der Waals surface area contributed by atoms with Crippen LogP contribution in [0.25, 0.3) is 10.9 Å². The molecule has 10 heteroatoms. The predicted molar refractivity (Wildman–Crippen MR) is 182 cm³/mol. The number of likely N-dealkylation sites (tertiary alicyclic amines) is 1. The van der Waals surface area contributed by atoms with E-state index in [2.05, 4.69) is 22.3 Å². The molecule has 248 valence electrons. The Hall–Kier alpha value is -4.34. The summed E-state index contributed by atoms with van der Waals surface area (Å²) in [6, 6.07) is 20.2. The van der Waals surface area contributed by atoms with Gasteiger partial charge in [0.2, 0.25) is 5.91 Å². The van der Waals surface area contributed by atoms with Gasteiger partial charge in [-0.05, 0) is 105 Å². The molecule has 1 amide bonds. The summed E-state index contributed by atoms with van der Waals surface area (Å²) in [5.41, 5.74) is 3.65. The number of carbonyl (C=O) groups excluding carboxylic acids is 3. The molecule has 0 unspecified atom stereocenters. The van der Waals surface area contributed by atoms with Crippen molar-refractivity contribution in [2.75, 3.05) is 40.0 Å². The number of nitrogens with one attached hydrogen (secondary N) is 1. The van der Waals surface area contributed by atoms with E-state index in [1.165, 1.54) is 24.8 Å². The van der Waals surface area contributed by atoms with Crippen molar-refractivity contribution < 1.29 is 28.6 Å². The molecule has 1 aromatic heterocycles. The van der Waals surface area contributed by atoms with Crippen molar-refractivity contribution in [1.82, 2.24) is 14.8 Å². The molecule has 3 aromatic carbocycles. The van der Waals surface area contributed by atoms with Crippen LogP contribution >= 0.6 is 11.6 Å². The van der Waals surface area contributed by atoms with Crippen molar-refractivity contribution in [3.8, 4) is 11.5 Å². The zero-order valence-electron chi connectivity index (χ0n) is 27.1. The molecule has 47 heavy (non-hydrogen) atoms. The number of halogens is 1. The highest BCUT2D eigenvalue weighted by atomic mass is 35.5. The van der Waals surface area contributed by atoms with E-state index in [0.717, 1.165) is 30.8 Å². The summed E-state index contributed by atoms with van der Waals surface area (Å²) >= 11 is 6.02. The van der Waals surface area contributed by atoms with Gasteiger partial charge in [-0.25, -0.2) is 0 Å². The Morgan fingerprint density at radius 3 is 2.47 bits per heavy atom. The van der Waals surface area contributed by atoms with Gasteiger partial charge in [-0.15, -0.1) is 0 Å². The fourth-order valence-corrected chi connectivity index (χ4v) is 6.06. The van der Waals surface area contributed by atoms with Crippen molar-refractivity contribution in [2.45, 2.75) is 52.0 Å². The van der Waals surface area contributed by atoms with Crippen LogP contribution in [0.5, 0.6) is 11.5 Å². The minimum absolute atomic E-state index is 0.0459. The summed E-state index contributed by atoms with van der Waals surface area (Å²) in [4.78, 5) is 41.2. The van der Waals surface area contributed by atoms with Crippen LogP contribution in [0, 0.1) is 6.92 Å². The van der Waals surface area contributed by atoms with Crippen LogP contribution in [-0.2, 0) is 27.3 Å². The van der Waals surface area contributed by atoms with Gasteiger partial charge >= 0.3 is 5.97 Å². The molecule has 0 atom stereocenters. The van der Waals surface area contributed by atoms with Gasteiger partial charge in [0, 0.05) is 34.8 Å². The Morgan fingerprint density at radius 2 is 1.70 bits per heavy atom. The third-order valence-corrected chi connectivity index (χ3v) is 8.67. The minimum atomic E-state index is -0.488. The van der Waals surface area contributed by atoms with E-state index in [1.807, 2.05) is 12.1 Å². The molecule has 1 aliphatic rings. The molecule has 0 saturated carbocycles. The van der Waals surface area contributed by atoms with Crippen LogP contribution in [0.2, 0.25) is 5.02 Å². The van der Waals surface area contributed by atoms with E-state index >= 15 is 0 Å². The third kappa shape index (κ3) is 9.14. The van der Waals surface area contributed by atoms with Crippen LogP contribution in [0.4, 0.5) is 0 Å². The van der Waals surface area contributed by atoms with E-state index in [0.29, 0.717) is 52.7 Å². The van der Waals surface area contributed by atoms with E-state index in [-0.39, 0.29) is 31.3 Å².